The van der Waals surface area contributed by atoms with E-state index in [2.05, 4.69) is 12.1 Å². The lowest BCUT2D eigenvalue weighted by molar-refractivity contribution is -0.138. The molecule has 2 fully saturated rings. The summed E-state index contributed by atoms with van der Waals surface area (Å²) in [6.45, 7) is 0.788. The summed E-state index contributed by atoms with van der Waals surface area (Å²) in [7, 11) is 1.59. The lowest BCUT2D eigenvalue weighted by Crippen LogP contribution is -2.35. The van der Waals surface area contributed by atoms with Gasteiger partial charge < -0.3 is 14.6 Å². The molecule has 0 aromatic heterocycles. The molecule has 3 aromatic rings. The van der Waals surface area contributed by atoms with E-state index in [9.17, 15) is 14.7 Å². The molecule has 4 atom stereocenters. The SMILES string of the molecule is CN1C(=O)[C@@H]2[C@@H](CC(COc3ccccc3)=C3[C@@H](CC/C(=C/c4ccccc4O)c4ccccc4)OC[C@@H]32)C1=O. The zero-order valence-corrected chi connectivity index (χ0v) is 22.5. The van der Waals surface area contributed by atoms with Crippen molar-refractivity contribution in [2.45, 2.75) is 25.4 Å². The van der Waals surface area contributed by atoms with Crippen LogP contribution < -0.4 is 4.74 Å². The second-order valence-electron chi connectivity index (χ2n) is 10.8. The van der Waals surface area contributed by atoms with Crippen molar-refractivity contribution in [3.05, 3.63) is 107 Å². The zero-order valence-electron chi connectivity index (χ0n) is 22.5. The molecule has 2 heterocycles. The van der Waals surface area contributed by atoms with Gasteiger partial charge in [0.05, 0.1) is 24.5 Å². The number of likely N-dealkylation sites (tertiary alicyclic amines) is 1. The minimum absolute atomic E-state index is 0.103. The highest BCUT2D eigenvalue weighted by molar-refractivity contribution is 6.05. The number of hydrogen-bond donors (Lipinski definition) is 1. The van der Waals surface area contributed by atoms with Gasteiger partial charge in [-0.15, -0.1) is 0 Å². The van der Waals surface area contributed by atoms with Gasteiger partial charge in [-0.25, -0.2) is 0 Å². The number of allylic oxidation sites excluding steroid dienone is 1. The van der Waals surface area contributed by atoms with Crippen LogP contribution in [0.1, 0.15) is 30.4 Å². The fraction of sp³-hybridized carbons (Fsp3) is 0.294. The first kappa shape index (κ1) is 26.1. The number of ether oxygens (including phenoxy) is 2. The van der Waals surface area contributed by atoms with Gasteiger partial charge >= 0.3 is 0 Å². The van der Waals surface area contributed by atoms with Crippen LogP contribution in [0.2, 0.25) is 0 Å². The summed E-state index contributed by atoms with van der Waals surface area (Å²) in [6.07, 6.45) is 3.80. The third kappa shape index (κ3) is 4.95. The Balaban J connectivity index is 1.30. The lowest BCUT2D eigenvalue weighted by Gasteiger charge is -2.32. The molecule has 1 N–H and O–H groups in total. The molecule has 40 heavy (non-hydrogen) atoms. The maximum absolute atomic E-state index is 13.1. The van der Waals surface area contributed by atoms with E-state index in [1.54, 1.807) is 13.1 Å². The van der Waals surface area contributed by atoms with Gasteiger partial charge in [0.1, 0.15) is 18.1 Å². The summed E-state index contributed by atoms with van der Waals surface area (Å²) in [4.78, 5) is 27.4. The predicted octanol–water partition coefficient (Wildman–Crippen LogP) is 5.74. The van der Waals surface area contributed by atoms with Crippen LogP contribution in [0.15, 0.2) is 96.1 Å². The van der Waals surface area contributed by atoms with Crippen LogP contribution in [-0.4, -0.2) is 48.2 Å². The summed E-state index contributed by atoms with van der Waals surface area (Å²) < 4.78 is 12.6. The minimum Gasteiger partial charge on any atom is -0.507 e. The fourth-order valence-corrected chi connectivity index (χ4v) is 6.49. The maximum atomic E-state index is 13.1. The number of nitrogens with zero attached hydrogens (tertiary/aromatic N) is 1. The van der Waals surface area contributed by atoms with Crippen LogP contribution in [0.3, 0.4) is 0 Å². The first-order valence-electron chi connectivity index (χ1n) is 13.9. The molecule has 6 heteroatoms. The minimum atomic E-state index is -0.372. The van der Waals surface area contributed by atoms with Gasteiger partial charge in [-0.2, -0.15) is 0 Å². The Morgan fingerprint density at radius 3 is 2.40 bits per heavy atom. The van der Waals surface area contributed by atoms with Crippen LogP contribution >= 0.6 is 0 Å². The van der Waals surface area contributed by atoms with Gasteiger partial charge in [-0.3, -0.25) is 14.5 Å². The van der Waals surface area contributed by atoms with E-state index in [1.165, 1.54) is 4.90 Å². The molecule has 2 aliphatic heterocycles. The summed E-state index contributed by atoms with van der Waals surface area (Å²) in [6, 6.07) is 27.2. The molecule has 204 valence electrons. The van der Waals surface area contributed by atoms with Gasteiger partial charge in [0.25, 0.3) is 0 Å². The van der Waals surface area contributed by atoms with Crippen molar-refractivity contribution in [3.63, 3.8) is 0 Å². The standard InChI is InChI=1S/C34H33NO5/c1-35-33(37)27-19-25(20-39-26-13-6-3-7-14-26)31-28(32(27)34(35)38)21-40-30(31)17-16-23(22-10-4-2-5-11-22)18-24-12-8-9-15-29(24)36/h2-15,18,27-28,30,32,36H,16-17,19-21H2,1H3/b23-18-/t27-,28+,30-,32-/m1/s1. The van der Waals surface area contributed by atoms with E-state index < -0.39 is 0 Å². The largest absolute Gasteiger partial charge is 0.507 e. The molecule has 0 bridgehead atoms. The second-order valence-corrected chi connectivity index (χ2v) is 10.8. The Morgan fingerprint density at radius 1 is 0.950 bits per heavy atom. The van der Waals surface area contributed by atoms with Gasteiger partial charge in [-0.05, 0) is 65.8 Å². The maximum Gasteiger partial charge on any atom is 0.233 e. The van der Waals surface area contributed by atoms with Crippen LogP contribution in [0, 0.1) is 17.8 Å². The van der Waals surface area contributed by atoms with Crippen molar-refractivity contribution in [3.8, 4) is 11.5 Å². The number of para-hydroxylation sites is 2. The molecule has 0 spiro atoms. The third-order valence-electron chi connectivity index (χ3n) is 8.47. The van der Waals surface area contributed by atoms with Crippen LogP contribution in [0.4, 0.5) is 0 Å². The molecule has 3 aliphatic rings. The number of hydrogen-bond acceptors (Lipinski definition) is 5. The van der Waals surface area contributed by atoms with Crippen LogP contribution in [0.25, 0.3) is 11.6 Å². The quantitative estimate of drug-likeness (QED) is 0.226. The first-order valence-corrected chi connectivity index (χ1v) is 13.9. The number of amides is 2. The zero-order chi connectivity index (χ0) is 27.6. The van der Waals surface area contributed by atoms with Crippen molar-refractivity contribution >= 4 is 23.5 Å². The van der Waals surface area contributed by atoms with E-state index >= 15 is 0 Å². The van der Waals surface area contributed by atoms with E-state index in [0.29, 0.717) is 32.5 Å². The normalized spacial score (nSPS) is 24.3. The molecule has 0 unspecified atom stereocenters. The topological polar surface area (TPSA) is 76.1 Å². The van der Waals surface area contributed by atoms with E-state index in [0.717, 1.165) is 33.6 Å². The van der Waals surface area contributed by atoms with Crippen molar-refractivity contribution < 1.29 is 24.2 Å². The van der Waals surface area contributed by atoms with Crippen molar-refractivity contribution in [2.75, 3.05) is 20.3 Å². The smallest absolute Gasteiger partial charge is 0.233 e. The summed E-state index contributed by atoms with van der Waals surface area (Å²) in [5, 5.41) is 10.4. The van der Waals surface area contributed by atoms with Gasteiger partial charge in [0, 0.05) is 18.5 Å². The molecule has 6 rings (SSSR count). The molecular formula is C34H33NO5. The average Bonchev–Trinajstić information content (AvgIpc) is 3.50. The Bertz CT molecular complexity index is 1460. The van der Waals surface area contributed by atoms with Crippen molar-refractivity contribution in [1.82, 2.24) is 4.90 Å². The Kier molecular flexibility index (Phi) is 7.27. The van der Waals surface area contributed by atoms with Crippen LogP contribution in [0.5, 0.6) is 11.5 Å². The number of carbonyl (C=O) groups is 2. The monoisotopic (exact) mass is 535 g/mol. The number of fused-ring (bicyclic) bond motifs is 3. The average molecular weight is 536 g/mol. The number of benzene rings is 3. The fourth-order valence-electron chi connectivity index (χ4n) is 6.49. The lowest BCUT2D eigenvalue weighted by atomic mass is 9.69. The van der Waals surface area contributed by atoms with Crippen molar-refractivity contribution in [1.29, 1.82) is 0 Å². The molecule has 1 aliphatic carbocycles. The highest BCUT2D eigenvalue weighted by Gasteiger charge is 2.56. The summed E-state index contributed by atoms with van der Waals surface area (Å²) in [5.74, 6) is -0.0504. The molecule has 0 saturated carbocycles. The molecule has 3 aromatic carbocycles. The second kappa shape index (κ2) is 11.1. The summed E-state index contributed by atoms with van der Waals surface area (Å²) >= 11 is 0. The third-order valence-corrected chi connectivity index (χ3v) is 8.47. The highest BCUT2D eigenvalue weighted by atomic mass is 16.5. The molecular weight excluding hydrogens is 502 g/mol. The predicted molar refractivity (Wildman–Crippen MR) is 153 cm³/mol. The number of carbonyl (C=O) groups excluding carboxylic acids is 2. The van der Waals surface area contributed by atoms with Crippen LogP contribution in [-0.2, 0) is 14.3 Å². The number of rotatable bonds is 8. The molecule has 2 saturated heterocycles. The molecule has 0 radical (unpaired) electrons. The van der Waals surface area contributed by atoms with E-state index in [4.69, 9.17) is 9.47 Å². The highest BCUT2D eigenvalue weighted by Crippen LogP contribution is 2.49. The summed E-state index contributed by atoms with van der Waals surface area (Å²) in [5.41, 5.74) is 5.14. The van der Waals surface area contributed by atoms with Gasteiger partial charge in [-0.1, -0.05) is 66.7 Å². The first-order chi connectivity index (χ1) is 19.5. The number of aromatic hydroxyl groups is 1. The molecule has 2 amide bonds. The number of imide groups is 1. The molecule has 6 nitrogen and oxygen atoms in total. The Morgan fingerprint density at radius 2 is 1.65 bits per heavy atom. The number of phenols is 1. The van der Waals surface area contributed by atoms with Crippen molar-refractivity contribution in [2.24, 2.45) is 17.8 Å². The van der Waals surface area contributed by atoms with Gasteiger partial charge in [0.2, 0.25) is 11.8 Å². The van der Waals surface area contributed by atoms with E-state index in [-0.39, 0.29) is 41.4 Å². The van der Waals surface area contributed by atoms with Gasteiger partial charge in [0.15, 0.2) is 0 Å². The Labute approximate surface area is 234 Å². The van der Waals surface area contributed by atoms with E-state index in [1.807, 2.05) is 72.8 Å². The number of phenolic OH excluding ortho intramolecular Hbond substituents is 1. The Hall–Kier alpha value is -4.16.